The van der Waals surface area contributed by atoms with E-state index in [-0.39, 0.29) is 11.9 Å². The van der Waals surface area contributed by atoms with Gasteiger partial charge in [-0.3, -0.25) is 4.79 Å². The summed E-state index contributed by atoms with van der Waals surface area (Å²) in [5.41, 5.74) is 2.92. The highest BCUT2D eigenvalue weighted by Crippen LogP contribution is 2.28. The maximum atomic E-state index is 12.4. The highest BCUT2D eigenvalue weighted by Gasteiger charge is 2.19. The lowest BCUT2D eigenvalue weighted by atomic mass is 10.1. The number of benzene rings is 1. The van der Waals surface area contributed by atoms with E-state index >= 15 is 0 Å². The molecule has 0 N–H and O–H groups in total. The Balaban J connectivity index is 1.58. The molecule has 3 rings (SSSR count). The molecule has 1 atom stereocenters. The van der Waals surface area contributed by atoms with Gasteiger partial charge in [-0.05, 0) is 61.6 Å². The number of amides is 1. The molecule has 0 saturated carbocycles. The van der Waals surface area contributed by atoms with E-state index in [9.17, 15) is 4.79 Å². The van der Waals surface area contributed by atoms with Crippen LogP contribution >= 0.6 is 11.8 Å². The van der Waals surface area contributed by atoms with Crippen molar-refractivity contribution in [3.8, 4) is 0 Å². The van der Waals surface area contributed by atoms with Gasteiger partial charge in [0.15, 0.2) is 0 Å². The van der Waals surface area contributed by atoms with Crippen LogP contribution in [0.3, 0.4) is 0 Å². The molecule has 1 unspecified atom stereocenters. The summed E-state index contributed by atoms with van der Waals surface area (Å²) in [4.78, 5) is 15.3. The first kappa shape index (κ1) is 15.2. The minimum atomic E-state index is -0.0388. The quantitative estimate of drug-likeness (QED) is 0.780. The number of carbonyl (C=O) groups is 1. The summed E-state index contributed by atoms with van der Waals surface area (Å²) >= 11 is 1.62. The lowest BCUT2D eigenvalue weighted by Gasteiger charge is -2.23. The average Bonchev–Trinajstić information content (AvgIpc) is 3.21. The predicted octanol–water partition coefficient (Wildman–Crippen LogP) is 4.08. The van der Waals surface area contributed by atoms with Crippen molar-refractivity contribution in [1.82, 2.24) is 4.90 Å². The normalized spacial score (nSPS) is 14.6. The molecule has 22 heavy (non-hydrogen) atoms. The minimum absolute atomic E-state index is 0.0388. The molecule has 1 aromatic heterocycles. The van der Waals surface area contributed by atoms with Gasteiger partial charge < -0.3 is 9.32 Å². The Morgan fingerprint density at radius 3 is 2.91 bits per heavy atom. The van der Waals surface area contributed by atoms with E-state index in [0.29, 0.717) is 5.75 Å². The molecule has 3 nitrogen and oxygen atoms in total. The van der Waals surface area contributed by atoms with Crippen molar-refractivity contribution >= 4 is 17.7 Å². The maximum absolute atomic E-state index is 12.4. The van der Waals surface area contributed by atoms with Gasteiger partial charge in [0.2, 0.25) is 5.91 Å². The van der Waals surface area contributed by atoms with Gasteiger partial charge in [0.1, 0.15) is 5.76 Å². The largest absolute Gasteiger partial charge is 0.467 e. The van der Waals surface area contributed by atoms with Crippen LogP contribution in [0.5, 0.6) is 0 Å². The molecular formula is C18H21NO2S. The Bertz CT molecular complexity index is 651. The van der Waals surface area contributed by atoms with Crippen LogP contribution in [0.25, 0.3) is 0 Å². The number of thioether (sulfide) groups is 1. The van der Waals surface area contributed by atoms with E-state index in [1.807, 2.05) is 26.1 Å². The average molecular weight is 315 g/mol. The molecule has 0 radical (unpaired) electrons. The van der Waals surface area contributed by atoms with Gasteiger partial charge in [0, 0.05) is 11.9 Å². The standard InChI is InChI=1S/C18H21NO2S/c1-13(17-7-4-10-21-17)19(2)18(20)12-22-16-9-8-14-5-3-6-15(14)11-16/h4,7-11,13H,3,5-6,12H2,1-2H3. The lowest BCUT2D eigenvalue weighted by molar-refractivity contribution is -0.129. The fourth-order valence-corrected chi connectivity index (χ4v) is 3.70. The Labute approximate surface area is 135 Å². The maximum Gasteiger partial charge on any atom is 0.233 e. The molecule has 116 valence electrons. The van der Waals surface area contributed by atoms with E-state index in [4.69, 9.17) is 4.42 Å². The van der Waals surface area contributed by atoms with Crippen LogP contribution in [-0.2, 0) is 17.6 Å². The zero-order valence-electron chi connectivity index (χ0n) is 13.0. The third-order valence-corrected chi connectivity index (χ3v) is 5.34. The zero-order chi connectivity index (χ0) is 15.5. The molecular weight excluding hydrogens is 294 g/mol. The summed E-state index contributed by atoms with van der Waals surface area (Å²) in [5, 5.41) is 0. The van der Waals surface area contributed by atoms with E-state index in [1.165, 1.54) is 35.3 Å². The van der Waals surface area contributed by atoms with Crippen molar-refractivity contribution in [2.45, 2.75) is 37.1 Å². The van der Waals surface area contributed by atoms with Crippen molar-refractivity contribution in [2.24, 2.45) is 0 Å². The summed E-state index contributed by atoms with van der Waals surface area (Å²) in [6.07, 6.45) is 5.27. The van der Waals surface area contributed by atoms with Crippen LogP contribution in [-0.4, -0.2) is 23.6 Å². The van der Waals surface area contributed by atoms with Crippen LogP contribution in [0.4, 0.5) is 0 Å². The van der Waals surface area contributed by atoms with Gasteiger partial charge in [-0.15, -0.1) is 11.8 Å². The number of carbonyl (C=O) groups excluding carboxylic acids is 1. The fraction of sp³-hybridized carbons (Fsp3) is 0.389. The minimum Gasteiger partial charge on any atom is -0.467 e. The molecule has 1 heterocycles. The van der Waals surface area contributed by atoms with E-state index in [0.717, 1.165) is 5.76 Å². The van der Waals surface area contributed by atoms with Gasteiger partial charge in [-0.2, -0.15) is 0 Å². The Hall–Kier alpha value is -1.68. The zero-order valence-corrected chi connectivity index (χ0v) is 13.9. The Kier molecular flexibility index (Phi) is 4.57. The highest BCUT2D eigenvalue weighted by atomic mass is 32.2. The van der Waals surface area contributed by atoms with Crippen LogP contribution < -0.4 is 0 Å². The topological polar surface area (TPSA) is 33.5 Å². The van der Waals surface area contributed by atoms with Crippen LogP contribution in [0.2, 0.25) is 0 Å². The molecule has 0 bridgehead atoms. The summed E-state index contributed by atoms with van der Waals surface area (Å²) in [5.74, 6) is 1.40. The van der Waals surface area contributed by atoms with Gasteiger partial charge in [-0.25, -0.2) is 0 Å². The molecule has 0 saturated heterocycles. The molecule has 1 amide bonds. The highest BCUT2D eigenvalue weighted by molar-refractivity contribution is 8.00. The van der Waals surface area contributed by atoms with Gasteiger partial charge >= 0.3 is 0 Å². The SMILES string of the molecule is CC(c1ccco1)N(C)C(=O)CSc1ccc2c(c1)CCC2. The first-order valence-corrected chi connectivity index (χ1v) is 8.67. The molecule has 0 aliphatic heterocycles. The molecule has 0 fully saturated rings. The number of fused-ring (bicyclic) bond motifs is 1. The Morgan fingerprint density at radius 1 is 1.32 bits per heavy atom. The molecule has 1 aliphatic carbocycles. The van der Waals surface area contributed by atoms with E-state index < -0.39 is 0 Å². The monoisotopic (exact) mass is 315 g/mol. The molecule has 1 aliphatic rings. The van der Waals surface area contributed by atoms with Crippen molar-refractivity contribution < 1.29 is 9.21 Å². The number of aryl methyl sites for hydroxylation is 2. The molecule has 1 aromatic carbocycles. The van der Waals surface area contributed by atoms with Gasteiger partial charge in [-0.1, -0.05) is 6.07 Å². The number of furan rings is 1. The lowest BCUT2D eigenvalue weighted by Crippen LogP contribution is -2.30. The number of nitrogens with zero attached hydrogens (tertiary/aromatic N) is 1. The second kappa shape index (κ2) is 6.61. The van der Waals surface area contributed by atoms with E-state index in [2.05, 4.69) is 18.2 Å². The second-order valence-corrected chi connectivity index (χ2v) is 6.82. The Morgan fingerprint density at radius 2 is 2.14 bits per heavy atom. The third-order valence-electron chi connectivity index (χ3n) is 4.36. The van der Waals surface area contributed by atoms with Crippen molar-refractivity contribution in [3.05, 3.63) is 53.5 Å². The van der Waals surface area contributed by atoms with Crippen molar-refractivity contribution in [1.29, 1.82) is 0 Å². The van der Waals surface area contributed by atoms with Crippen molar-refractivity contribution in [2.75, 3.05) is 12.8 Å². The van der Waals surface area contributed by atoms with Crippen molar-refractivity contribution in [3.63, 3.8) is 0 Å². The van der Waals surface area contributed by atoms with Gasteiger partial charge in [0.05, 0.1) is 18.1 Å². The fourth-order valence-electron chi connectivity index (χ4n) is 2.82. The van der Waals surface area contributed by atoms with Crippen LogP contribution in [0.1, 0.15) is 36.3 Å². The predicted molar refractivity (Wildman–Crippen MR) is 89.1 cm³/mol. The summed E-state index contributed by atoms with van der Waals surface area (Å²) in [6.45, 7) is 1.98. The molecule has 2 aromatic rings. The number of rotatable bonds is 5. The third kappa shape index (κ3) is 3.22. The molecule has 4 heteroatoms. The second-order valence-electron chi connectivity index (χ2n) is 5.77. The molecule has 0 spiro atoms. The number of hydrogen-bond donors (Lipinski definition) is 0. The van der Waals surface area contributed by atoms with Crippen LogP contribution in [0.15, 0.2) is 45.9 Å². The smallest absolute Gasteiger partial charge is 0.233 e. The summed E-state index contributed by atoms with van der Waals surface area (Å²) in [6, 6.07) is 10.3. The first-order chi connectivity index (χ1) is 10.6. The van der Waals surface area contributed by atoms with E-state index in [1.54, 1.807) is 22.9 Å². The number of hydrogen-bond acceptors (Lipinski definition) is 3. The van der Waals surface area contributed by atoms with Gasteiger partial charge in [0.25, 0.3) is 0 Å². The summed E-state index contributed by atoms with van der Waals surface area (Å²) < 4.78 is 5.38. The van der Waals surface area contributed by atoms with Crippen LogP contribution in [0, 0.1) is 0 Å². The summed E-state index contributed by atoms with van der Waals surface area (Å²) in [7, 11) is 1.83. The first-order valence-electron chi connectivity index (χ1n) is 7.69.